The van der Waals surface area contributed by atoms with E-state index in [1.807, 2.05) is 31.6 Å². The monoisotopic (exact) mass is 345 g/mol. The molecule has 1 atom stereocenters. The summed E-state index contributed by atoms with van der Waals surface area (Å²) in [5, 5.41) is 10.0. The van der Waals surface area contributed by atoms with E-state index < -0.39 is 0 Å². The van der Waals surface area contributed by atoms with E-state index in [2.05, 4.69) is 20.6 Å². The number of carbonyl (C=O) groups is 1. The molecule has 1 fully saturated rings. The van der Waals surface area contributed by atoms with Crippen LogP contribution in [-0.4, -0.2) is 46.9 Å². The number of urea groups is 1. The van der Waals surface area contributed by atoms with Crippen LogP contribution in [0.1, 0.15) is 36.6 Å². The Bertz CT molecular complexity index is 646. The molecule has 0 radical (unpaired) electrons. The minimum Gasteiger partial charge on any atom is -0.468 e. The molecule has 3 heterocycles. The van der Waals surface area contributed by atoms with E-state index in [1.54, 1.807) is 10.9 Å². The van der Waals surface area contributed by atoms with Crippen molar-refractivity contribution in [2.45, 2.75) is 31.7 Å². The van der Waals surface area contributed by atoms with Crippen molar-refractivity contribution in [1.29, 1.82) is 0 Å². The third-order valence-electron chi connectivity index (χ3n) is 4.62. The predicted octanol–water partition coefficient (Wildman–Crippen LogP) is 2.08. The third-order valence-corrected chi connectivity index (χ3v) is 4.62. The standard InChI is InChI=1S/C18H27N5O2/c1-22-14-15(12-21-22)7-8-19-18(24)20-13-16(17-6-5-11-25-17)23-9-3-2-4-10-23/h5-6,11-12,14,16H,2-4,7-10,13H2,1H3,(H2,19,20,24). The molecule has 2 aromatic heterocycles. The molecular formula is C18H27N5O2. The van der Waals surface area contributed by atoms with Crippen LogP contribution in [-0.2, 0) is 13.5 Å². The molecule has 7 heteroatoms. The molecule has 3 rings (SSSR count). The molecule has 7 nitrogen and oxygen atoms in total. The molecule has 1 unspecified atom stereocenters. The second-order valence-electron chi connectivity index (χ2n) is 6.54. The van der Waals surface area contributed by atoms with Gasteiger partial charge in [-0.2, -0.15) is 5.10 Å². The van der Waals surface area contributed by atoms with Gasteiger partial charge in [-0.05, 0) is 50.0 Å². The Hall–Kier alpha value is -2.28. The van der Waals surface area contributed by atoms with Gasteiger partial charge in [0, 0.05) is 26.3 Å². The van der Waals surface area contributed by atoms with Crippen LogP contribution in [0, 0.1) is 0 Å². The summed E-state index contributed by atoms with van der Waals surface area (Å²) in [5.41, 5.74) is 1.12. The summed E-state index contributed by atoms with van der Waals surface area (Å²) in [6, 6.07) is 3.85. The maximum atomic E-state index is 12.1. The van der Waals surface area contributed by atoms with Crippen LogP contribution in [0.3, 0.4) is 0 Å². The lowest BCUT2D eigenvalue weighted by Crippen LogP contribution is -2.44. The molecular weight excluding hydrogens is 318 g/mol. The number of nitrogens with one attached hydrogen (secondary N) is 2. The zero-order valence-corrected chi connectivity index (χ0v) is 14.8. The summed E-state index contributed by atoms with van der Waals surface area (Å²) in [5.74, 6) is 0.914. The van der Waals surface area contributed by atoms with Crippen LogP contribution in [0.2, 0.25) is 0 Å². The van der Waals surface area contributed by atoms with Crippen molar-refractivity contribution in [3.8, 4) is 0 Å². The van der Waals surface area contributed by atoms with Gasteiger partial charge >= 0.3 is 6.03 Å². The molecule has 2 aromatic rings. The maximum absolute atomic E-state index is 12.1. The molecule has 2 N–H and O–H groups in total. The molecule has 0 aromatic carbocycles. The average molecular weight is 345 g/mol. The predicted molar refractivity (Wildman–Crippen MR) is 95.2 cm³/mol. The van der Waals surface area contributed by atoms with Gasteiger partial charge in [0.2, 0.25) is 0 Å². The van der Waals surface area contributed by atoms with E-state index in [-0.39, 0.29) is 12.1 Å². The number of nitrogens with zero attached hydrogens (tertiary/aromatic N) is 3. The minimum atomic E-state index is -0.141. The first kappa shape index (κ1) is 17.5. The largest absolute Gasteiger partial charge is 0.468 e. The second-order valence-corrected chi connectivity index (χ2v) is 6.54. The number of amides is 2. The summed E-state index contributed by atoms with van der Waals surface area (Å²) in [7, 11) is 1.89. The van der Waals surface area contributed by atoms with E-state index in [4.69, 9.17) is 4.42 Å². The normalized spacial score (nSPS) is 16.5. The Morgan fingerprint density at radius 1 is 1.32 bits per heavy atom. The number of aryl methyl sites for hydroxylation is 1. The molecule has 1 aliphatic rings. The van der Waals surface area contributed by atoms with Gasteiger partial charge < -0.3 is 15.1 Å². The topological polar surface area (TPSA) is 75.3 Å². The number of likely N-dealkylation sites (tertiary alicyclic amines) is 1. The van der Waals surface area contributed by atoms with Crippen molar-refractivity contribution in [2.24, 2.45) is 7.05 Å². The van der Waals surface area contributed by atoms with Crippen LogP contribution in [0.5, 0.6) is 0 Å². The molecule has 0 aliphatic carbocycles. The summed E-state index contributed by atoms with van der Waals surface area (Å²) < 4.78 is 7.37. The summed E-state index contributed by atoms with van der Waals surface area (Å²) >= 11 is 0. The number of aromatic nitrogens is 2. The lowest BCUT2D eigenvalue weighted by molar-refractivity contribution is 0.143. The second kappa shape index (κ2) is 8.71. The highest BCUT2D eigenvalue weighted by Gasteiger charge is 2.24. The van der Waals surface area contributed by atoms with Crippen LogP contribution in [0.4, 0.5) is 4.79 Å². The van der Waals surface area contributed by atoms with Crippen molar-refractivity contribution in [1.82, 2.24) is 25.3 Å². The summed E-state index contributed by atoms with van der Waals surface area (Å²) in [4.78, 5) is 14.5. The van der Waals surface area contributed by atoms with Gasteiger partial charge in [-0.3, -0.25) is 9.58 Å². The summed E-state index contributed by atoms with van der Waals surface area (Å²) in [6.07, 6.45) is 9.94. The Kier molecular flexibility index (Phi) is 6.11. The van der Waals surface area contributed by atoms with Gasteiger partial charge in [0.15, 0.2) is 0 Å². The number of piperidine rings is 1. The van der Waals surface area contributed by atoms with Crippen molar-refractivity contribution in [3.63, 3.8) is 0 Å². The van der Waals surface area contributed by atoms with Crippen molar-refractivity contribution in [2.75, 3.05) is 26.2 Å². The maximum Gasteiger partial charge on any atom is 0.314 e. The first-order valence-corrected chi connectivity index (χ1v) is 8.99. The van der Waals surface area contributed by atoms with Gasteiger partial charge in [-0.15, -0.1) is 0 Å². The van der Waals surface area contributed by atoms with Crippen LogP contribution < -0.4 is 10.6 Å². The Balaban J connectivity index is 1.46. The van der Waals surface area contributed by atoms with Crippen LogP contribution in [0.15, 0.2) is 35.2 Å². The lowest BCUT2D eigenvalue weighted by Gasteiger charge is -2.33. The minimum absolute atomic E-state index is 0.0966. The van der Waals surface area contributed by atoms with Gasteiger partial charge in [0.05, 0.1) is 18.5 Å². The van der Waals surface area contributed by atoms with Crippen molar-refractivity contribution >= 4 is 6.03 Å². The Morgan fingerprint density at radius 2 is 2.16 bits per heavy atom. The number of hydrogen-bond donors (Lipinski definition) is 2. The van der Waals surface area contributed by atoms with Crippen LogP contribution >= 0.6 is 0 Å². The number of rotatable bonds is 7. The van der Waals surface area contributed by atoms with Gasteiger partial charge in [0.1, 0.15) is 5.76 Å². The number of carbonyl (C=O) groups excluding carboxylic acids is 1. The van der Waals surface area contributed by atoms with E-state index in [0.29, 0.717) is 13.1 Å². The van der Waals surface area contributed by atoms with Crippen molar-refractivity contribution in [3.05, 3.63) is 42.1 Å². The zero-order valence-electron chi connectivity index (χ0n) is 14.8. The van der Waals surface area contributed by atoms with Gasteiger partial charge in [-0.25, -0.2) is 4.79 Å². The van der Waals surface area contributed by atoms with E-state index in [0.717, 1.165) is 30.8 Å². The fourth-order valence-electron chi connectivity index (χ4n) is 3.29. The van der Waals surface area contributed by atoms with Crippen molar-refractivity contribution < 1.29 is 9.21 Å². The smallest absolute Gasteiger partial charge is 0.314 e. The third kappa shape index (κ3) is 5.09. The first-order chi connectivity index (χ1) is 12.2. The zero-order chi connectivity index (χ0) is 17.5. The van der Waals surface area contributed by atoms with Gasteiger partial charge in [-0.1, -0.05) is 6.42 Å². The molecule has 0 spiro atoms. The van der Waals surface area contributed by atoms with E-state index in [9.17, 15) is 4.79 Å². The molecule has 25 heavy (non-hydrogen) atoms. The lowest BCUT2D eigenvalue weighted by atomic mass is 10.1. The number of hydrogen-bond acceptors (Lipinski definition) is 4. The van der Waals surface area contributed by atoms with E-state index in [1.165, 1.54) is 19.3 Å². The average Bonchev–Trinajstić information content (AvgIpc) is 3.28. The van der Waals surface area contributed by atoms with Crippen LogP contribution in [0.25, 0.3) is 0 Å². The summed E-state index contributed by atoms with van der Waals surface area (Å²) in [6.45, 7) is 3.24. The molecule has 136 valence electrons. The molecule has 1 aliphatic heterocycles. The Morgan fingerprint density at radius 3 is 2.84 bits per heavy atom. The molecule has 0 bridgehead atoms. The molecule has 1 saturated heterocycles. The fraction of sp³-hybridized carbons (Fsp3) is 0.556. The first-order valence-electron chi connectivity index (χ1n) is 8.99. The van der Waals surface area contributed by atoms with Gasteiger partial charge in [0.25, 0.3) is 0 Å². The SMILES string of the molecule is Cn1cc(CCNC(=O)NCC(c2ccco2)N2CCCCC2)cn1. The van der Waals surface area contributed by atoms with E-state index >= 15 is 0 Å². The highest BCUT2D eigenvalue weighted by atomic mass is 16.3. The number of furan rings is 1. The highest BCUT2D eigenvalue weighted by molar-refractivity contribution is 5.73. The molecule has 2 amide bonds. The highest BCUT2D eigenvalue weighted by Crippen LogP contribution is 2.24. The quantitative estimate of drug-likeness (QED) is 0.806. The Labute approximate surface area is 148 Å². The fourth-order valence-corrected chi connectivity index (χ4v) is 3.29. The molecule has 0 saturated carbocycles.